The van der Waals surface area contributed by atoms with Gasteiger partial charge in [0.25, 0.3) is 0 Å². The largest absolute Gasteiger partial charge is 0.229 e. The maximum absolute atomic E-state index is 12.0. The van der Waals surface area contributed by atoms with Gasteiger partial charge in [0.1, 0.15) is 0 Å². The quantitative estimate of drug-likeness (QED) is 0.414. The van der Waals surface area contributed by atoms with Gasteiger partial charge in [0, 0.05) is 13.1 Å². The number of rotatable bonds is 7. The maximum atomic E-state index is 12.0. The molecular weight excluding hydrogens is 404 g/mol. The van der Waals surface area contributed by atoms with E-state index >= 15 is 0 Å². The van der Waals surface area contributed by atoms with Gasteiger partial charge in [0.2, 0.25) is 20.0 Å². The smallest absolute Gasteiger partial charge is 0.215 e. The maximum Gasteiger partial charge on any atom is 0.215 e. The summed E-state index contributed by atoms with van der Waals surface area (Å²) in [4.78, 5) is 0. The highest BCUT2D eigenvalue weighted by molar-refractivity contribution is 7.96. The van der Waals surface area contributed by atoms with Crippen molar-refractivity contribution in [3.8, 4) is 0 Å². The molecule has 2 fully saturated rings. The van der Waals surface area contributed by atoms with Crippen LogP contribution in [-0.2, 0) is 39.7 Å². The van der Waals surface area contributed by atoms with Gasteiger partial charge in [-0.15, -0.1) is 0 Å². The number of sulfonamides is 2. The Labute approximate surface area is 142 Å². The first-order valence-corrected chi connectivity index (χ1v) is 13.9. The summed E-state index contributed by atoms with van der Waals surface area (Å²) in [6.45, 7) is -0.477. The lowest BCUT2D eigenvalue weighted by molar-refractivity contribution is 0.558. The van der Waals surface area contributed by atoms with Gasteiger partial charge in [-0.2, -0.15) is 0 Å². The van der Waals surface area contributed by atoms with Crippen LogP contribution >= 0.6 is 0 Å². The molecule has 2 N–H and O–H groups in total. The Morgan fingerprint density at radius 2 is 1.04 bits per heavy atom. The third kappa shape index (κ3) is 5.11. The molecule has 2 rings (SSSR count). The van der Waals surface area contributed by atoms with Crippen molar-refractivity contribution in [2.45, 2.75) is 23.3 Å². The van der Waals surface area contributed by atoms with E-state index in [2.05, 4.69) is 9.44 Å². The van der Waals surface area contributed by atoms with Gasteiger partial charge >= 0.3 is 0 Å². The number of nitrogens with one attached hydrogen (secondary N) is 2. The van der Waals surface area contributed by atoms with Crippen LogP contribution in [0.3, 0.4) is 0 Å². The van der Waals surface area contributed by atoms with E-state index in [-0.39, 0.29) is 37.4 Å². The van der Waals surface area contributed by atoms with Crippen molar-refractivity contribution in [3.05, 3.63) is 0 Å². The molecule has 24 heavy (non-hydrogen) atoms. The zero-order valence-electron chi connectivity index (χ0n) is 12.7. The Kier molecular flexibility index (Phi) is 5.67. The van der Waals surface area contributed by atoms with E-state index in [4.69, 9.17) is 0 Å². The minimum absolute atomic E-state index is 0.0172. The third-order valence-electron chi connectivity index (χ3n) is 3.99. The summed E-state index contributed by atoms with van der Waals surface area (Å²) in [5.41, 5.74) is 0. The standard InChI is InChI=1S/C10H20N2O8S4/c13-21(14)5-1-9(7-21)23(17,18)11-3-4-12-24(19,20)10-2-6-22(15,16)8-10/h9-12H,1-8H2. The minimum atomic E-state index is -3.85. The summed E-state index contributed by atoms with van der Waals surface area (Å²) in [5.74, 6) is -1.23. The predicted octanol–water partition coefficient (Wildman–Crippen LogP) is -2.80. The Hall–Kier alpha value is -0.280. The average molecular weight is 425 g/mol. The van der Waals surface area contributed by atoms with Crippen molar-refractivity contribution in [1.29, 1.82) is 0 Å². The van der Waals surface area contributed by atoms with Crippen molar-refractivity contribution in [2.24, 2.45) is 0 Å². The lowest BCUT2D eigenvalue weighted by Crippen LogP contribution is -2.42. The van der Waals surface area contributed by atoms with Crippen molar-refractivity contribution in [2.75, 3.05) is 36.1 Å². The second-order valence-corrected chi connectivity index (χ2v) is 14.5. The molecule has 2 aliphatic rings. The molecule has 0 aliphatic carbocycles. The van der Waals surface area contributed by atoms with E-state index < -0.39 is 61.7 Å². The van der Waals surface area contributed by atoms with Crippen LogP contribution in [0.4, 0.5) is 0 Å². The highest BCUT2D eigenvalue weighted by atomic mass is 32.2. The Bertz CT molecular complexity index is 813. The predicted molar refractivity (Wildman–Crippen MR) is 88.0 cm³/mol. The van der Waals surface area contributed by atoms with Gasteiger partial charge in [-0.1, -0.05) is 0 Å². The number of hydrogen-bond acceptors (Lipinski definition) is 8. The van der Waals surface area contributed by atoms with Crippen LogP contribution in [0.2, 0.25) is 0 Å². The lowest BCUT2D eigenvalue weighted by atomic mass is 10.4. The van der Waals surface area contributed by atoms with E-state index in [1.807, 2.05) is 0 Å². The second-order valence-electron chi connectivity index (χ2n) is 5.93. The van der Waals surface area contributed by atoms with Crippen molar-refractivity contribution >= 4 is 39.7 Å². The summed E-state index contributed by atoms with van der Waals surface area (Å²) in [7, 11) is -14.4. The summed E-state index contributed by atoms with van der Waals surface area (Å²) in [6.07, 6.45) is 0.0344. The molecule has 2 aliphatic heterocycles. The fourth-order valence-electron chi connectivity index (χ4n) is 2.63. The topological polar surface area (TPSA) is 161 Å². The molecule has 0 amide bonds. The van der Waals surface area contributed by atoms with Gasteiger partial charge in [0.05, 0.1) is 33.5 Å². The van der Waals surface area contributed by atoms with Crippen molar-refractivity contribution in [3.63, 3.8) is 0 Å². The molecule has 0 bridgehead atoms. The van der Waals surface area contributed by atoms with Crippen LogP contribution < -0.4 is 9.44 Å². The van der Waals surface area contributed by atoms with Crippen LogP contribution in [0, 0.1) is 0 Å². The van der Waals surface area contributed by atoms with E-state index in [1.54, 1.807) is 0 Å². The molecule has 0 radical (unpaired) electrons. The van der Waals surface area contributed by atoms with Crippen molar-refractivity contribution < 1.29 is 33.7 Å². The second kappa shape index (κ2) is 6.79. The molecule has 2 unspecified atom stereocenters. The van der Waals surface area contributed by atoms with Crippen LogP contribution in [0.1, 0.15) is 12.8 Å². The molecule has 0 aromatic rings. The normalized spacial score (nSPS) is 29.7. The molecule has 0 saturated carbocycles. The first-order valence-electron chi connectivity index (χ1n) is 7.21. The van der Waals surface area contributed by atoms with Crippen LogP contribution in [-0.4, -0.2) is 80.3 Å². The van der Waals surface area contributed by atoms with E-state index in [0.29, 0.717) is 0 Å². The van der Waals surface area contributed by atoms with Crippen LogP contribution in [0.25, 0.3) is 0 Å². The van der Waals surface area contributed by atoms with Crippen molar-refractivity contribution in [1.82, 2.24) is 9.44 Å². The summed E-state index contributed by atoms with van der Waals surface area (Å²) < 4.78 is 97.4. The molecule has 0 spiro atoms. The lowest BCUT2D eigenvalue weighted by Gasteiger charge is -2.13. The van der Waals surface area contributed by atoms with E-state index in [9.17, 15) is 33.7 Å². The summed E-state index contributed by atoms with van der Waals surface area (Å²) >= 11 is 0. The van der Waals surface area contributed by atoms with Gasteiger partial charge in [-0.05, 0) is 12.8 Å². The fraction of sp³-hybridized carbons (Fsp3) is 1.00. The molecule has 2 heterocycles. The Balaban J connectivity index is 1.82. The van der Waals surface area contributed by atoms with Gasteiger partial charge in [-0.3, -0.25) is 0 Å². The molecule has 2 saturated heterocycles. The summed E-state index contributed by atoms with van der Waals surface area (Å²) in [5, 5.41) is -2.06. The molecule has 14 heteroatoms. The van der Waals surface area contributed by atoms with Crippen LogP contribution in [0.15, 0.2) is 0 Å². The minimum Gasteiger partial charge on any atom is -0.229 e. The van der Waals surface area contributed by atoms with Gasteiger partial charge in [0.15, 0.2) is 19.7 Å². The van der Waals surface area contributed by atoms with Gasteiger partial charge < -0.3 is 0 Å². The highest BCUT2D eigenvalue weighted by Gasteiger charge is 2.38. The molecule has 0 aromatic heterocycles. The van der Waals surface area contributed by atoms with Gasteiger partial charge in [-0.25, -0.2) is 43.1 Å². The fourth-order valence-corrected chi connectivity index (χ4v) is 10.8. The third-order valence-corrected chi connectivity index (χ3v) is 11.7. The summed E-state index contributed by atoms with van der Waals surface area (Å²) in [6, 6.07) is 0. The highest BCUT2D eigenvalue weighted by Crippen LogP contribution is 2.19. The average Bonchev–Trinajstić information content (AvgIpc) is 2.98. The SMILES string of the molecule is O=S1(=O)CCC(S(=O)(=O)NCCNS(=O)(=O)C2CCS(=O)(=O)C2)C1. The molecular formula is C10H20N2O8S4. The van der Waals surface area contributed by atoms with E-state index in [0.717, 1.165) is 0 Å². The molecule has 142 valence electrons. The molecule has 2 atom stereocenters. The Morgan fingerprint density at radius 1 is 0.708 bits per heavy atom. The Morgan fingerprint density at radius 3 is 1.29 bits per heavy atom. The zero-order valence-corrected chi connectivity index (χ0v) is 16.0. The number of sulfone groups is 2. The number of hydrogen-bond donors (Lipinski definition) is 2. The zero-order chi connectivity index (χ0) is 18.2. The monoisotopic (exact) mass is 424 g/mol. The first kappa shape index (κ1) is 20.0. The first-order chi connectivity index (χ1) is 10.8. The molecule has 10 nitrogen and oxygen atoms in total. The van der Waals surface area contributed by atoms with E-state index in [1.165, 1.54) is 0 Å². The van der Waals surface area contributed by atoms with Crippen LogP contribution in [0.5, 0.6) is 0 Å². The molecule has 0 aromatic carbocycles.